The number of fused-ring (bicyclic) bond motifs is 2. The number of aromatic nitrogens is 2. The molecule has 0 aromatic carbocycles. The smallest absolute Gasteiger partial charge is 0.435 e. The number of carbonyl (C=O) groups excluding carboxylic acids is 3. The van der Waals surface area contributed by atoms with Crippen LogP contribution in [-0.4, -0.2) is 76.4 Å². The van der Waals surface area contributed by atoms with Gasteiger partial charge in [-0.1, -0.05) is 0 Å². The highest BCUT2D eigenvalue weighted by Crippen LogP contribution is 3.00. The Labute approximate surface area is 262 Å². The fourth-order valence-electron chi connectivity index (χ4n) is 4.45. The number of hydrogen-bond donors (Lipinski definition) is 1. The average molecular weight is 678 g/mol. The molecule has 2 N–H and O–H groups in total. The summed E-state index contributed by atoms with van der Waals surface area (Å²) in [5, 5.41) is 0. The third-order valence-electron chi connectivity index (χ3n) is 6.93. The molecule has 1 aromatic heterocycles. The first-order chi connectivity index (χ1) is 21.2. The minimum atomic E-state index is -3.80. The molecule has 4 aliphatic heterocycles. The van der Waals surface area contributed by atoms with Gasteiger partial charge in [-0.3, -0.25) is 37.4 Å². The first-order valence-electron chi connectivity index (χ1n) is 14.1. The van der Waals surface area contributed by atoms with Crippen molar-refractivity contribution in [3.63, 3.8) is 0 Å². The molecule has 1 aromatic rings. The molecule has 4 saturated heterocycles. The highest BCUT2D eigenvalue weighted by molar-refractivity contribution is 7.68. The number of ether oxygens (including phenoxy) is 5. The Balaban J connectivity index is 1.35. The summed E-state index contributed by atoms with van der Waals surface area (Å²) in [6.07, 6.45) is -1.42. The van der Waals surface area contributed by atoms with Crippen LogP contribution in [0.25, 0.3) is 0 Å². The molecule has 19 nitrogen and oxygen atoms in total. The third-order valence-corrected chi connectivity index (χ3v) is 8.77. The molecular formula is C26H36N3O16P. The van der Waals surface area contributed by atoms with Crippen LogP contribution in [-0.2, 0) is 66.4 Å². The molecule has 5 rings (SSSR count). The molecule has 4 aliphatic rings. The highest BCUT2D eigenvalue weighted by Gasteiger charge is 3.04. The lowest BCUT2D eigenvalue weighted by Crippen LogP contribution is -2.52. The van der Waals surface area contributed by atoms with Gasteiger partial charge >= 0.3 is 31.0 Å². The molecule has 1 amide bonds. The average Bonchev–Trinajstić information content (AvgIpc) is 3.61. The van der Waals surface area contributed by atoms with Crippen molar-refractivity contribution in [2.75, 3.05) is 13.4 Å². The van der Waals surface area contributed by atoms with Crippen LogP contribution in [0.1, 0.15) is 72.1 Å². The zero-order valence-electron chi connectivity index (χ0n) is 26.3. The van der Waals surface area contributed by atoms with E-state index in [-0.39, 0.29) is 0 Å². The molecular weight excluding hydrogens is 641 g/mol. The minimum absolute atomic E-state index is 0.503. The van der Waals surface area contributed by atoms with Gasteiger partial charge in [0.1, 0.15) is 24.9 Å². The molecule has 0 saturated carbocycles. The Hall–Kier alpha value is -2.84. The number of carbonyl (C=O) groups is 3. The summed E-state index contributed by atoms with van der Waals surface area (Å²) < 4.78 is 52.5. The van der Waals surface area contributed by atoms with E-state index in [9.17, 15) is 23.7 Å². The van der Waals surface area contributed by atoms with E-state index in [0.29, 0.717) is 0 Å². The van der Waals surface area contributed by atoms with E-state index in [1.165, 1.54) is 33.2 Å². The van der Waals surface area contributed by atoms with Crippen molar-refractivity contribution in [3.8, 4) is 0 Å². The first kappa shape index (κ1) is 34.5. The molecule has 5 heterocycles. The number of hydrogen-bond acceptors (Lipinski definition) is 17. The zero-order valence-corrected chi connectivity index (χ0v) is 27.2. The number of rotatable bonds is 12. The van der Waals surface area contributed by atoms with Gasteiger partial charge < -0.3 is 29.4 Å². The van der Waals surface area contributed by atoms with Gasteiger partial charge in [0.25, 0.3) is 11.5 Å². The molecule has 20 heteroatoms. The van der Waals surface area contributed by atoms with Crippen molar-refractivity contribution < 1.29 is 71.2 Å². The van der Waals surface area contributed by atoms with Crippen LogP contribution >= 0.6 is 7.60 Å². The van der Waals surface area contributed by atoms with Gasteiger partial charge in [0.2, 0.25) is 6.79 Å². The quantitative estimate of drug-likeness (QED) is 0.0625. The van der Waals surface area contributed by atoms with Gasteiger partial charge in [0, 0.05) is 12.4 Å². The lowest BCUT2D eigenvalue weighted by Gasteiger charge is -2.31. The summed E-state index contributed by atoms with van der Waals surface area (Å²) in [6, 6.07) is 0. The highest BCUT2D eigenvalue weighted by atomic mass is 31.2. The van der Waals surface area contributed by atoms with Gasteiger partial charge in [-0.2, -0.15) is 9.78 Å². The fourth-order valence-corrected chi connectivity index (χ4v) is 6.11. The monoisotopic (exact) mass is 677 g/mol. The first-order valence-corrected chi connectivity index (χ1v) is 15.6. The summed E-state index contributed by atoms with van der Waals surface area (Å²) in [7, 11) is -3.80. The van der Waals surface area contributed by atoms with Crippen LogP contribution in [0.3, 0.4) is 0 Å². The second kappa shape index (κ2) is 11.4. The molecule has 46 heavy (non-hydrogen) atoms. The topological polar surface area (TPSA) is 237 Å². The Morgan fingerprint density at radius 2 is 1.59 bits per heavy atom. The van der Waals surface area contributed by atoms with E-state index in [0.717, 1.165) is 4.57 Å². The zero-order chi connectivity index (χ0) is 34.1. The third kappa shape index (κ3) is 6.24. The molecule has 256 valence electrons. The second-order valence-electron chi connectivity index (χ2n) is 13.3. The maximum atomic E-state index is 13.0. The Kier molecular flexibility index (Phi) is 8.55. The summed E-state index contributed by atoms with van der Waals surface area (Å²) in [4.78, 5) is 74.6. The largest absolute Gasteiger partial charge is 0.453 e. The van der Waals surface area contributed by atoms with E-state index < -0.39 is 103 Å². The Morgan fingerprint density at radius 1 is 1.00 bits per heavy atom. The van der Waals surface area contributed by atoms with Crippen molar-refractivity contribution in [1.29, 1.82) is 0 Å². The standard InChI is InChI=1S/C26H36N3O16P/c1-22(2,3)20(32)35-12-37-43-25(26-44-46(26,34)45-26,41-21(33)23(4,5)6)42-36-11-13-15-16(40-24(7,8)39-15)19(38-13)29-10-9-28-14(17(27)30)18(29)31/h9-10,13,15-16,19H,11-12H2,1-8H3,(H2,27,30)/t13-,15-,16-,19-,25?,26?,46?/m1/s1. The minimum Gasteiger partial charge on any atom is -0.435 e. The molecule has 1 unspecified atom stereocenters. The van der Waals surface area contributed by atoms with Gasteiger partial charge in [-0.15, -0.1) is 4.89 Å². The van der Waals surface area contributed by atoms with Crippen molar-refractivity contribution in [3.05, 3.63) is 28.4 Å². The number of primary amides is 1. The van der Waals surface area contributed by atoms with Crippen molar-refractivity contribution >= 4 is 25.4 Å². The normalized spacial score (nSPS) is 32.2. The lowest BCUT2D eigenvalue weighted by molar-refractivity contribution is -0.595. The van der Waals surface area contributed by atoms with Crippen LogP contribution in [0, 0.1) is 10.8 Å². The van der Waals surface area contributed by atoms with E-state index >= 15 is 0 Å². The van der Waals surface area contributed by atoms with Crippen LogP contribution in [0.4, 0.5) is 0 Å². The molecule has 4 fully saturated rings. The molecule has 5 atom stereocenters. The van der Waals surface area contributed by atoms with E-state index in [1.54, 1.807) is 34.6 Å². The predicted octanol–water partition coefficient (Wildman–Crippen LogP) is 1.35. The van der Waals surface area contributed by atoms with Crippen LogP contribution in [0.2, 0.25) is 0 Å². The van der Waals surface area contributed by atoms with Gasteiger partial charge in [0.05, 0.1) is 10.8 Å². The van der Waals surface area contributed by atoms with Crippen LogP contribution < -0.4 is 11.3 Å². The summed E-state index contributed by atoms with van der Waals surface area (Å²) >= 11 is 0. The molecule has 0 bridgehead atoms. The summed E-state index contributed by atoms with van der Waals surface area (Å²) in [5.74, 6) is -6.62. The van der Waals surface area contributed by atoms with Gasteiger partial charge in [-0.05, 0) is 55.4 Å². The lowest BCUT2D eigenvalue weighted by atomic mass is 9.97. The fraction of sp³-hybridized carbons (Fsp3) is 0.731. The van der Waals surface area contributed by atoms with E-state index in [2.05, 4.69) is 4.98 Å². The van der Waals surface area contributed by atoms with Crippen LogP contribution in [0.15, 0.2) is 17.2 Å². The molecule has 0 aliphatic carbocycles. The van der Waals surface area contributed by atoms with Crippen molar-refractivity contribution in [2.24, 2.45) is 16.6 Å². The maximum Gasteiger partial charge on any atom is 0.453 e. The van der Waals surface area contributed by atoms with Gasteiger partial charge in [-0.25, -0.2) is 9.87 Å². The number of nitrogens with zero attached hydrogens (tertiary/aromatic N) is 2. The molecule has 0 spiro atoms. The summed E-state index contributed by atoms with van der Waals surface area (Å²) in [5.41, 5.74) is -0.333. The SMILES string of the molecule is CC1(C)O[C@@H]2[C@H](O1)[C@@H](COOC(OOCOC(=O)C(C)(C)C)(OC(=O)C(C)(C)C)C13OP1(=O)O3)O[C@H]2n1ccnc(C(N)=O)c1=O. The van der Waals surface area contributed by atoms with Crippen molar-refractivity contribution in [1.82, 2.24) is 9.55 Å². The maximum absolute atomic E-state index is 13.0. The van der Waals surface area contributed by atoms with E-state index in [1.807, 2.05) is 0 Å². The number of esters is 2. The predicted molar refractivity (Wildman–Crippen MR) is 145 cm³/mol. The Morgan fingerprint density at radius 3 is 2.15 bits per heavy atom. The van der Waals surface area contributed by atoms with Gasteiger partial charge in [0.15, 0.2) is 17.7 Å². The summed E-state index contributed by atoms with van der Waals surface area (Å²) in [6.45, 7) is 11.3. The second-order valence-corrected chi connectivity index (χ2v) is 15.3. The van der Waals surface area contributed by atoms with E-state index in [4.69, 9.17) is 58.0 Å². The molecule has 0 radical (unpaired) electrons. The Bertz CT molecular complexity index is 1510. The number of nitrogens with two attached hydrogens (primary N) is 1. The van der Waals surface area contributed by atoms with Crippen molar-refractivity contribution in [2.45, 2.75) is 97.2 Å². The van der Waals surface area contributed by atoms with Crippen LogP contribution in [0.5, 0.6) is 0 Å². The number of amides is 1.